The van der Waals surface area contributed by atoms with Crippen molar-refractivity contribution in [3.63, 3.8) is 0 Å². The van der Waals surface area contributed by atoms with E-state index in [0.29, 0.717) is 5.75 Å². The second kappa shape index (κ2) is 7.57. The molecule has 3 aromatic rings. The van der Waals surface area contributed by atoms with E-state index in [9.17, 15) is 4.79 Å². The first-order valence-corrected chi connectivity index (χ1v) is 9.12. The Bertz CT molecular complexity index is 901. The van der Waals surface area contributed by atoms with E-state index >= 15 is 0 Å². The molecule has 1 heterocycles. The molecule has 0 spiro atoms. The Kier molecular flexibility index (Phi) is 5.24. The molecule has 0 saturated carbocycles. The summed E-state index contributed by atoms with van der Waals surface area (Å²) in [6.45, 7) is 6.13. The molecule has 0 aliphatic carbocycles. The summed E-state index contributed by atoms with van der Waals surface area (Å²) in [4.78, 5) is 16.7. The van der Waals surface area contributed by atoms with Crippen molar-refractivity contribution in [2.45, 2.75) is 25.9 Å². The van der Waals surface area contributed by atoms with Crippen LogP contribution in [0.4, 0.5) is 5.69 Å². The van der Waals surface area contributed by atoms with Crippen molar-refractivity contribution >= 4 is 23.4 Å². The predicted molar refractivity (Wildman–Crippen MR) is 104 cm³/mol. The Morgan fingerprint density at radius 1 is 1.12 bits per heavy atom. The van der Waals surface area contributed by atoms with Crippen LogP contribution in [0.3, 0.4) is 0 Å². The molecule has 0 aliphatic rings. The van der Waals surface area contributed by atoms with E-state index in [1.165, 1.54) is 22.9 Å². The number of rotatable bonds is 5. The predicted octanol–water partition coefficient (Wildman–Crippen LogP) is 4.53. The molecule has 1 N–H and O–H groups in total. The molecule has 0 radical (unpaired) electrons. The second-order valence-corrected chi connectivity index (χ2v) is 6.96. The summed E-state index contributed by atoms with van der Waals surface area (Å²) < 4.78 is 2.04. The van der Waals surface area contributed by atoms with Crippen LogP contribution in [0.2, 0.25) is 0 Å². The molecular formula is C20H21N3OS. The lowest BCUT2D eigenvalue weighted by Gasteiger charge is -2.12. The number of hydrogen-bond donors (Lipinski definition) is 1. The summed E-state index contributed by atoms with van der Waals surface area (Å²) in [5.41, 5.74) is 5.38. The number of aryl methyl sites for hydroxylation is 3. The highest BCUT2D eigenvalue weighted by atomic mass is 32.2. The van der Waals surface area contributed by atoms with Crippen molar-refractivity contribution < 1.29 is 4.79 Å². The molecule has 0 unspecified atom stereocenters. The van der Waals surface area contributed by atoms with Crippen LogP contribution in [-0.2, 0) is 4.79 Å². The normalized spacial score (nSPS) is 10.7. The summed E-state index contributed by atoms with van der Waals surface area (Å²) in [7, 11) is 0. The molecule has 2 aromatic carbocycles. The van der Waals surface area contributed by atoms with Crippen LogP contribution >= 0.6 is 11.8 Å². The lowest BCUT2D eigenvalue weighted by Crippen LogP contribution is -2.15. The van der Waals surface area contributed by atoms with Gasteiger partial charge in [-0.3, -0.25) is 9.36 Å². The van der Waals surface area contributed by atoms with Crippen LogP contribution in [0.1, 0.15) is 16.7 Å². The van der Waals surface area contributed by atoms with Crippen LogP contribution in [0, 0.1) is 20.8 Å². The Morgan fingerprint density at radius 2 is 1.92 bits per heavy atom. The third-order valence-electron chi connectivity index (χ3n) is 3.98. The molecule has 0 saturated heterocycles. The molecule has 5 heteroatoms. The van der Waals surface area contributed by atoms with Gasteiger partial charge in [0.15, 0.2) is 5.16 Å². The molecule has 25 heavy (non-hydrogen) atoms. The summed E-state index contributed by atoms with van der Waals surface area (Å²) >= 11 is 1.44. The monoisotopic (exact) mass is 351 g/mol. The summed E-state index contributed by atoms with van der Waals surface area (Å²) in [5, 5.41) is 3.77. The zero-order chi connectivity index (χ0) is 17.8. The van der Waals surface area contributed by atoms with Gasteiger partial charge in [-0.1, -0.05) is 42.1 Å². The number of nitrogens with zero attached hydrogens (tertiary/aromatic N) is 2. The number of carbonyl (C=O) groups excluding carboxylic acids is 1. The van der Waals surface area contributed by atoms with Gasteiger partial charge in [-0.25, -0.2) is 4.98 Å². The molecule has 1 aromatic heterocycles. The Balaban J connectivity index is 1.71. The quantitative estimate of drug-likeness (QED) is 0.687. The van der Waals surface area contributed by atoms with Crippen LogP contribution in [0.25, 0.3) is 5.69 Å². The van der Waals surface area contributed by atoms with Gasteiger partial charge >= 0.3 is 0 Å². The average Bonchev–Trinajstić information content (AvgIpc) is 3.05. The number of para-hydroxylation sites is 1. The van der Waals surface area contributed by atoms with Gasteiger partial charge in [0.25, 0.3) is 0 Å². The number of anilines is 1. The van der Waals surface area contributed by atoms with E-state index in [1.54, 1.807) is 6.20 Å². The van der Waals surface area contributed by atoms with Crippen LogP contribution < -0.4 is 5.32 Å². The van der Waals surface area contributed by atoms with Gasteiger partial charge in [0.2, 0.25) is 5.91 Å². The molecule has 128 valence electrons. The third-order valence-corrected chi connectivity index (χ3v) is 4.95. The standard InChI is InChI=1S/C20H21N3OS/c1-14-8-9-16(3)18(12-14)23-11-10-21-20(23)25-13-19(24)22-17-7-5-4-6-15(17)2/h4-12H,13H2,1-3H3,(H,22,24). The lowest BCUT2D eigenvalue weighted by molar-refractivity contribution is -0.113. The maximum Gasteiger partial charge on any atom is 0.234 e. The molecule has 0 aliphatic heterocycles. The summed E-state index contributed by atoms with van der Waals surface area (Å²) in [5.74, 6) is 0.283. The molecule has 3 rings (SSSR count). The minimum Gasteiger partial charge on any atom is -0.325 e. The Morgan fingerprint density at radius 3 is 2.72 bits per heavy atom. The van der Waals surface area contributed by atoms with Crippen LogP contribution in [0.5, 0.6) is 0 Å². The highest BCUT2D eigenvalue weighted by molar-refractivity contribution is 7.99. The van der Waals surface area contributed by atoms with Gasteiger partial charge < -0.3 is 5.32 Å². The van der Waals surface area contributed by atoms with Crippen molar-refractivity contribution in [2.24, 2.45) is 0 Å². The fraction of sp³-hybridized carbons (Fsp3) is 0.200. The number of aromatic nitrogens is 2. The number of benzene rings is 2. The molecule has 0 atom stereocenters. The molecular weight excluding hydrogens is 330 g/mol. The topological polar surface area (TPSA) is 46.9 Å². The van der Waals surface area contributed by atoms with Crippen molar-refractivity contribution in [1.82, 2.24) is 9.55 Å². The highest BCUT2D eigenvalue weighted by Crippen LogP contribution is 2.24. The number of amides is 1. The van der Waals surface area contributed by atoms with E-state index < -0.39 is 0 Å². The largest absolute Gasteiger partial charge is 0.325 e. The van der Waals surface area contributed by atoms with Gasteiger partial charge in [0.1, 0.15) is 0 Å². The first-order valence-electron chi connectivity index (χ1n) is 8.14. The van der Waals surface area contributed by atoms with E-state index in [0.717, 1.165) is 22.1 Å². The summed E-state index contributed by atoms with van der Waals surface area (Å²) in [6, 6.07) is 14.1. The minimum atomic E-state index is -0.0326. The van der Waals surface area contributed by atoms with Gasteiger partial charge in [0.05, 0.1) is 11.4 Å². The Hall–Kier alpha value is -2.53. The average molecular weight is 351 g/mol. The fourth-order valence-electron chi connectivity index (χ4n) is 2.59. The first-order chi connectivity index (χ1) is 12.0. The number of thioether (sulfide) groups is 1. The number of imidazole rings is 1. The number of nitrogens with one attached hydrogen (secondary N) is 1. The zero-order valence-electron chi connectivity index (χ0n) is 14.6. The van der Waals surface area contributed by atoms with Gasteiger partial charge in [-0.15, -0.1) is 0 Å². The lowest BCUT2D eigenvalue weighted by atomic mass is 10.1. The van der Waals surface area contributed by atoms with E-state index in [2.05, 4.69) is 42.3 Å². The molecule has 1 amide bonds. The third kappa shape index (κ3) is 4.12. The van der Waals surface area contributed by atoms with Crippen molar-refractivity contribution in [2.75, 3.05) is 11.1 Å². The van der Waals surface area contributed by atoms with Crippen molar-refractivity contribution in [1.29, 1.82) is 0 Å². The summed E-state index contributed by atoms with van der Waals surface area (Å²) in [6.07, 6.45) is 3.70. The van der Waals surface area contributed by atoms with Gasteiger partial charge in [-0.05, 0) is 49.6 Å². The van der Waals surface area contributed by atoms with E-state index in [4.69, 9.17) is 0 Å². The molecule has 0 bridgehead atoms. The first kappa shape index (κ1) is 17.3. The van der Waals surface area contributed by atoms with Crippen LogP contribution in [0.15, 0.2) is 60.0 Å². The van der Waals surface area contributed by atoms with Crippen molar-refractivity contribution in [3.05, 3.63) is 71.5 Å². The Labute approximate surface area is 152 Å². The van der Waals surface area contributed by atoms with Gasteiger partial charge in [-0.2, -0.15) is 0 Å². The fourth-order valence-corrected chi connectivity index (χ4v) is 3.35. The minimum absolute atomic E-state index is 0.0326. The zero-order valence-corrected chi connectivity index (χ0v) is 15.4. The number of hydrogen-bond acceptors (Lipinski definition) is 3. The smallest absolute Gasteiger partial charge is 0.234 e. The molecule has 4 nitrogen and oxygen atoms in total. The number of carbonyl (C=O) groups is 1. The van der Waals surface area contributed by atoms with Crippen LogP contribution in [-0.4, -0.2) is 21.2 Å². The maximum atomic E-state index is 12.3. The molecule has 0 fully saturated rings. The maximum absolute atomic E-state index is 12.3. The second-order valence-electron chi connectivity index (χ2n) is 6.02. The van der Waals surface area contributed by atoms with Crippen molar-refractivity contribution in [3.8, 4) is 5.69 Å². The SMILES string of the molecule is Cc1ccc(C)c(-n2ccnc2SCC(=O)Nc2ccccc2C)c1. The van der Waals surface area contributed by atoms with Gasteiger partial charge in [0, 0.05) is 18.1 Å². The highest BCUT2D eigenvalue weighted by Gasteiger charge is 2.11. The van der Waals surface area contributed by atoms with E-state index in [1.807, 2.05) is 42.0 Å². The van der Waals surface area contributed by atoms with E-state index in [-0.39, 0.29) is 5.91 Å².